The van der Waals surface area contributed by atoms with E-state index in [1.165, 1.54) is 6.42 Å². The zero-order valence-corrected chi connectivity index (χ0v) is 21.9. The number of carbonyl (C=O) groups is 2. The molecule has 1 fully saturated rings. The molecule has 37 heavy (non-hydrogen) atoms. The molecule has 2 aromatic carbocycles. The average Bonchev–Trinajstić information content (AvgIpc) is 3.27. The normalized spacial score (nSPS) is 13.9. The van der Waals surface area contributed by atoms with Gasteiger partial charge in [-0.25, -0.2) is 4.98 Å². The number of imidazole rings is 1. The van der Waals surface area contributed by atoms with E-state index in [0.717, 1.165) is 73.2 Å². The van der Waals surface area contributed by atoms with Crippen molar-refractivity contribution >= 4 is 28.6 Å². The molecule has 1 aliphatic carbocycles. The van der Waals surface area contributed by atoms with Crippen LogP contribution >= 0.6 is 0 Å². The fourth-order valence-corrected chi connectivity index (χ4v) is 5.16. The van der Waals surface area contributed by atoms with Gasteiger partial charge in [0, 0.05) is 38.0 Å². The first-order chi connectivity index (χ1) is 18.0. The molecule has 1 amide bonds. The molecular formula is C30H36N4O3. The molecule has 0 spiro atoms. The van der Waals surface area contributed by atoms with E-state index in [9.17, 15) is 9.59 Å². The van der Waals surface area contributed by atoms with E-state index >= 15 is 0 Å². The lowest BCUT2D eigenvalue weighted by atomic mass is 9.88. The van der Waals surface area contributed by atoms with Crippen LogP contribution in [0.1, 0.15) is 75.2 Å². The first-order valence-electron chi connectivity index (χ1n) is 13.4. The molecule has 1 aliphatic rings. The van der Waals surface area contributed by atoms with E-state index in [4.69, 9.17) is 15.0 Å². The predicted octanol–water partition coefficient (Wildman–Crippen LogP) is 5.78. The summed E-state index contributed by atoms with van der Waals surface area (Å²) in [7, 11) is 1.86. The summed E-state index contributed by atoms with van der Waals surface area (Å²) in [6, 6.07) is 15.8. The number of anilines is 1. The molecule has 0 unspecified atom stereocenters. The number of amides is 1. The molecule has 0 saturated heterocycles. The van der Waals surface area contributed by atoms with Gasteiger partial charge in [0.1, 0.15) is 5.82 Å². The van der Waals surface area contributed by atoms with E-state index in [2.05, 4.69) is 16.7 Å². The second kappa shape index (κ2) is 12.5. The number of hydrogen-bond acceptors (Lipinski definition) is 5. The Hall–Kier alpha value is -3.66. The lowest BCUT2D eigenvalue weighted by molar-refractivity contribution is -0.143. The van der Waals surface area contributed by atoms with Crippen LogP contribution in [0.25, 0.3) is 11.0 Å². The van der Waals surface area contributed by atoms with Crippen molar-refractivity contribution in [1.82, 2.24) is 9.55 Å². The van der Waals surface area contributed by atoms with Gasteiger partial charge in [0.2, 0.25) is 5.91 Å². The van der Waals surface area contributed by atoms with E-state index in [1.54, 1.807) is 4.90 Å². The monoisotopic (exact) mass is 500 g/mol. The third-order valence-electron chi connectivity index (χ3n) is 7.25. The minimum atomic E-state index is -0.161. The molecule has 0 atom stereocenters. The van der Waals surface area contributed by atoms with E-state index in [1.807, 2.05) is 50.4 Å². The third kappa shape index (κ3) is 6.56. The molecule has 0 radical (unpaired) electrons. The van der Waals surface area contributed by atoms with Crippen LogP contribution in [0.2, 0.25) is 0 Å². The number of carbonyl (C=O) groups excluding carboxylic acids is 2. The first-order valence-corrected chi connectivity index (χ1v) is 13.4. The SMILES string of the molecule is CCOC(=O)CCCCn1c(Cc2ccc(C#N)cc2)nc2cc(N(C)C(=O)C3CCCCC3)ccc21. The maximum atomic E-state index is 13.1. The summed E-state index contributed by atoms with van der Waals surface area (Å²) in [5, 5.41) is 9.12. The number of rotatable bonds is 10. The summed E-state index contributed by atoms with van der Waals surface area (Å²) < 4.78 is 7.27. The van der Waals surface area contributed by atoms with Gasteiger partial charge in [-0.1, -0.05) is 31.4 Å². The topological polar surface area (TPSA) is 88.2 Å². The van der Waals surface area contributed by atoms with Crippen LogP contribution in [0, 0.1) is 17.2 Å². The van der Waals surface area contributed by atoms with E-state index in [0.29, 0.717) is 25.0 Å². The smallest absolute Gasteiger partial charge is 0.305 e. The number of hydrogen-bond donors (Lipinski definition) is 0. The number of unbranched alkanes of at least 4 members (excludes halogenated alkanes) is 1. The number of aryl methyl sites for hydroxylation is 1. The maximum Gasteiger partial charge on any atom is 0.305 e. The molecule has 1 saturated carbocycles. The zero-order valence-electron chi connectivity index (χ0n) is 21.9. The summed E-state index contributed by atoms with van der Waals surface area (Å²) in [5.41, 5.74) is 4.44. The molecule has 0 aliphatic heterocycles. The van der Waals surface area contributed by atoms with Gasteiger partial charge < -0.3 is 14.2 Å². The fourth-order valence-electron chi connectivity index (χ4n) is 5.16. The highest BCUT2D eigenvalue weighted by Gasteiger charge is 2.25. The van der Waals surface area contributed by atoms with Gasteiger partial charge in [0.15, 0.2) is 0 Å². The first kappa shape index (κ1) is 26.4. The van der Waals surface area contributed by atoms with Crippen LogP contribution in [0.5, 0.6) is 0 Å². The van der Waals surface area contributed by atoms with Gasteiger partial charge in [-0.2, -0.15) is 5.26 Å². The second-order valence-electron chi connectivity index (χ2n) is 9.83. The van der Waals surface area contributed by atoms with Crippen molar-refractivity contribution < 1.29 is 14.3 Å². The van der Waals surface area contributed by atoms with Gasteiger partial charge in [-0.15, -0.1) is 0 Å². The second-order valence-corrected chi connectivity index (χ2v) is 9.83. The van der Waals surface area contributed by atoms with Crippen LogP contribution in [-0.2, 0) is 27.3 Å². The molecule has 1 aromatic heterocycles. The zero-order chi connectivity index (χ0) is 26.2. The molecule has 7 heteroatoms. The van der Waals surface area contributed by atoms with Gasteiger partial charge in [-0.3, -0.25) is 9.59 Å². The lowest BCUT2D eigenvalue weighted by Crippen LogP contribution is -2.33. The van der Waals surface area contributed by atoms with Crippen LogP contribution in [0.15, 0.2) is 42.5 Å². The molecule has 3 aromatic rings. The highest BCUT2D eigenvalue weighted by molar-refractivity contribution is 5.96. The molecule has 1 heterocycles. The van der Waals surface area contributed by atoms with Crippen molar-refractivity contribution in [2.75, 3.05) is 18.6 Å². The Morgan fingerprint density at radius 3 is 2.57 bits per heavy atom. The number of ether oxygens (including phenoxy) is 1. The number of fused-ring (bicyclic) bond motifs is 1. The number of esters is 1. The summed E-state index contributed by atoms with van der Waals surface area (Å²) in [6.07, 6.45) is 8.02. The lowest BCUT2D eigenvalue weighted by Gasteiger charge is -2.26. The fraction of sp³-hybridized carbons (Fsp3) is 0.467. The van der Waals surface area contributed by atoms with Gasteiger partial charge in [-0.05, 0) is 68.5 Å². The summed E-state index contributed by atoms with van der Waals surface area (Å²) in [4.78, 5) is 31.6. The molecule has 7 nitrogen and oxygen atoms in total. The Balaban J connectivity index is 1.57. The van der Waals surface area contributed by atoms with Gasteiger partial charge in [0.25, 0.3) is 0 Å². The number of nitriles is 1. The molecule has 4 rings (SSSR count). The largest absolute Gasteiger partial charge is 0.466 e. The van der Waals surface area contributed by atoms with E-state index < -0.39 is 0 Å². The molecule has 0 N–H and O–H groups in total. The van der Waals surface area contributed by atoms with Crippen LogP contribution in [0.3, 0.4) is 0 Å². The number of aromatic nitrogens is 2. The van der Waals surface area contributed by atoms with Crippen LogP contribution in [0.4, 0.5) is 5.69 Å². The third-order valence-corrected chi connectivity index (χ3v) is 7.25. The van der Waals surface area contributed by atoms with Crippen LogP contribution < -0.4 is 4.90 Å². The van der Waals surface area contributed by atoms with Gasteiger partial charge >= 0.3 is 5.97 Å². The van der Waals surface area contributed by atoms with Crippen molar-refractivity contribution in [2.45, 2.75) is 71.3 Å². The maximum absolute atomic E-state index is 13.1. The van der Waals surface area contributed by atoms with Crippen molar-refractivity contribution in [3.63, 3.8) is 0 Å². The Labute approximate surface area is 219 Å². The van der Waals surface area contributed by atoms with Crippen molar-refractivity contribution in [1.29, 1.82) is 5.26 Å². The quantitative estimate of drug-likeness (QED) is 0.260. The predicted molar refractivity (Wildman–Crippen MR) is 144 cm³/mol. The Morgan fingerprint density at radius 1 is 1.11 bits per heavy atom. The molecule has 0 bridgehead atoms. The summed E-state index contributed by atoms with van der Waals surface area (Å²) >= 11 is 0. The standard InChI is InChI=1S/C30H36N4O3/c1-3-37-29(35)11-7-8-18-34-27-17-16-25(33(2)30(36)24-9-5-4-6-10-24)20-26(27)32-28(34)19-22-12-14-23(21-31)15-13-22/h12-17,20,24H,3-11,18-19H2,1-2H3. The van der Waals surface area contributed by atoms with Gasteiger partial charge in [0.05, 0.1) is 29.3 Å². The minimum Gasteiger partial charge on any atom is -0.466 e. The van der Waals surface area contributed by atoms with Crippen molar-refractivity contribution in [3.05, 3.63) is 59.4 Å². The molecular weight excluding hydrogens is 464 g/mol. The average molecular weight is 501 g/mol. The van der Waals surface area contributed by atoms with E-state index in [-0.39, 0.29) is 17.8 Å². The molecule has 194 valence electrons. The minimum absolute atomic E-state index is 0.110. The Morgan fingerprint density at radius 2 is 1.86 bits per heavy atom. The van der Waals surface area contributed by atoms with Crippen molar-refractivity contribution in [2.24, 2.45) is 5.92 Å². The number of benzene rings is 2. The number of nitrogens with zero attached hydrogens (tertiary/aromatic N) is 4. The van der Waals surface area contributed by atoms with Crippen LogP contribution in [-0.4, -0.2) is 35.1 Å². The highest BCUT2D eigenvalue weighted by atomic mass is 16.5. The summed E-state index contributed by atoms with van der Waals surface area (Å²) in [6.45, 7) is 2.96. The summed E-state index contributed by atoms with van der Waals surface area (Å²) in [5.74, 6) is 1.06. The Bertz CT molecular complexity index is 1270. The highest BCUT2D eigenvalue weighted by Crippen LogP contribution is 2.29. The Kier molecular flexibility index (Phi) is 8.95. The van der Waals surface area contributed by atoms with Crippen molar-refractivity contribution in [3.8, 4) is 6.07 Å².